The zero-order valence-corrected chi connectivity index (χ0v) is 7.68. The van der Waals surface area contributed by atoms with E-state index in [0.29, 0.717) is 0 Å². The Morgan fingerprint density at radius 1 is 1.00 bits per heavy atom. The third-order valence-corrected chi connectivity index (χ3v) is 4.55. The molecule has 0 radical (unpaired) electrons. The first kappa shape index (κ1) is 9.31. The Balaban J connectivity index is 4.01. The van der Waals surface area contributed by atoms with E-state index >= 15 is 0 Å². The van der Waals surface area contributed by atoms with E-state index in [2.05, 4.69) is 0 Å². The molecule has 0 amide bonds. The van der Waals surface area contributed by atoms with Gasteiger partial charge in [-0.2, -0.15) is 0 Å². The normalized spacial score (nSPS) is 13.3. The van der Waals surface area contributed by atoms with Gasteiger partial charge >= 0.3 is 0 Å². The van der Waals surface area contributed by atoms with Crippen molar-refractivity contribution in [2.75, 3.05) is 34.9 Å². The van der Waals surface area contributed by atoms with Gasteiger partial charge in [0, 0.05) is 28.2 Å². The summed E-state index contributed by atoms with van der Waals surface area (Å²) in [6, 6.07) is 0. The zero-order valence-electron chi connectivity index (χ0n) is 6.79. The van der Waals surface area contributed by atoms with Crippen LogP contribution in [0.2, 0.25) is 0 Å². The highest BCUT2D eigenvalue weighted by Gasteiger charge is 2.35. The molecule has 0 saturated carbocycles. The van der Waals surface area contributed by atoms with Crippen LogP contribution < -0.4 is 0 Å². The largest absolute Gasteiger partial charge is 0.281 e. The fraction of sp³-hybridized carbons (Fsp3) is 1.00. The molecule has 0 rings (SSSR count). The lowest BCUT2D eigenvalue weighted by atomic mass is 11.3. The molecule has 0 heterocycles. The molecule has 0 spiro atoms. The topological polar surface area (TPSA) is 26.7 Å². The Bertz CT molecular complexity index is 83.0. The number of hydrogen-bond acceptors (Lipinski definition) is 3. The van der Waals surface area contributed by atoms with Crippen LogP contribution >= 0.6 is 7.79 Å². The van der Waals surface area contributed by atoms with Gasteiger partial charge < -0.3 is 0 Å². The van der Waals surface area contributed by atoms with Gasteiger partial charge in [0.05, 0.1) is 0 Å². The minimum atomic E-state index is -1.92. The molecule has 0 unspecified atom stereocenters. The van der Waals surface area contributed by atoms with Gasteiger partial charge in [0.1, 0.15) is 6.66 Å². The molecule has 0 aromatic rings. The minimum Gasteiger partial charge on any atom is -0.213 e. The maximum atomic E-state index is 9.63. The van der Waals surface area contributed by atoms with Gasteiger partial charge in [-0.05, 0) is 0 Å². The molecule has 0 aromatic heterocycles. The van der Waals surface area contributed by atoms with Crippen LogP contribution in [0.4, 0.5) is 0 Å². The maximum absolute atomic E-state index is 9.63. The summed E-state index contributed by atoms with van der Waals surface area (Å²) in [5.41, 5.74) is 0. The summed E-state index contributed by atoms with van der Waals surface area (Å²) in [6.07, 6.45) is 0. The Hall–Kier alpha value is 0.310. The van der Waals surface area contributed by atoms with Gasteiger partial charge in [0.15, 0.2) is 0 Å². The third-order valence-electron chi connectivity index (χ3n) is 1.52. The molecule has 0 bridgehead atoms. The monoisotopic (exact) mass is 151 g/mol. The summed E-state index contributed by atoms with van der Waals surface area (Å²) in [6.45, 7) is 1.85. The van der Waals surface area contributed by atoms with Gasteiger partial charge in [0.25, 0.3) is 7.79 Å². The van der Waals surface area contributed by atoms with Crippen molar-refractivity contribution in [2.24, 2.45) is 0 Å². The molecule has 1 N–H and O–H groups in total. The molecule has 0 aromatic carbocycles. The summed E-state index contributed by atoms with van der Waals surface area (Å²) >= 11 is 0. The van der Waals surface area contributed by atoms with Crippen molar-refractivity contribution >= 4 is 7.79 Å². The molecular formula is C5H16N2OP+. The van der Waals surface area contributed by atoms with Gasteiger partial charge in [0.2, 0.25) is 0 Å². The summed E-state index contributed by atoms with van der Waals surface area (Å²) < 4.78 is 3.71. The van der Waals surface area contributed by atoms with Crippen LogP contribution in [0.1, 0.15) is 0 Å². The molecule has 56 valence electrons. The molecule has 4 heteroatoms. The Labute approximate surface area is 57.8 Å². The zero-order chi connectivity index (χ0) is 7.65. The van der Waals surface area contributed by atoms with Crippen molar-refractivity contribution in [3.8, 4) is 0 Å². The fourth-order valence-electron chi connectivity index (χ4n) is 0.358. The van der Waals surface area contributed by atoms with Crippen molar-refractivity contribution in [1.29, 1.82) is 0 Å². The summed E-state index contributed by atoms with van der Waals surface area (Å²) in [5, 5.41) is 0. The standard InChI is InChI=1S/C5H16N2OP/c1-6(2)9(5,8)7(3)4/h8H,1-5H3/q+1. The van der Waals surface area contributed by atoms with E-state index in [-0.39, 0.29) is 0 Å². The second-order valence-corrected chi connectivity index (χ2v) is 5.90. The Morgan fingerprint density at radius 3 is 1.22 bits per heavy atom. The lowest BCUT2D eigenvalue weighted by molar-refractivity contribution is 0.423. The SMILES string of the molecule is CN(C)[P+](C)(O)N(C)C. The van der Waals surface area contributed by atoms with Gasteiger partial charge in [-0.1, -0.05) is 0 Å². The molecule has 0 aliphatic heterocycles. The highest BCUT2D eigenvalue weighted by atomic mass is 31.2. The van der Waals surface area contributed by atoms with E-state index in [0.717, 1.165) is 0 Å². The minimum absolute atomic E-state index is 1.85. The quantitative estimate of drug-likeness (QED) is 0.582. The van der Waals surface area contributed by atoms with Crippen molar-refractivity contribution < 1.29 is 4.89 Å². The Morgan fingerprint density at radius 2 is 1.22 bits per heavy atom. The molecule has 0 atom stereocenters. The van der Waals surface area contributed by atoms with E-state index in [1.165, 1.54) is 0 Å². The smallest absolute Gasteiger partial charge is 0.213 e. The van der Waals surface area contributed by atoms with Crippen molar-refractivity contribution in [2.45, 2.75) is 0 Å². The van der Waals surface area contributed by atoms with E-state index in [1.54, 1.807) is 0 Å². The van der Waals surface area contributed by atoms with Gasteiger partial charge in [-0.3, -0.25) is 0 Å². The predicted molar refractivity (Wildman–Crippen MR) is 42.4 cm³/mol. The van der Waals surface area contributed by atoms with E-state index in [1.807, 2.05) is 44.2 Å². The summed E-state index contributed by atoms with van der Waals surface area (Å²) in [7, 11) is 5.61. The highest BCUT2D eigenvalue weighted by Crippen LogP contribution is 2.53. The van der Waals surface area contributed by atoms with Crippen LogP contribution in [0.15, 0.2) is 0 Å². The van der Waals surface area contributed by atoms with Crippen LogP contribution in [0, 0.1) is 0 Å². The predicted octanol–water partition coefficient (Wildman–Crippen LogP) is 0.494. The second kappa shape index (κ2) is 2.93. The van der Waals surface area contributed by atoms with Crippen molar-refractivity contribution in [1.82, 2.24) is 9.34 Å². The van der Waals surface area contributed by atoms with Gasteiger partial charge in [-0.25, -0.2) is 4.89 Å². The summed E-state index contributed by atoms with van der Waals surface area (Å²) in [5.74, 6) is 0. The highest BCUT2D eigenvalue weighted by molar-refractivity contribution is 7.64. The third kappa shape index (κ3) is 2.18. The van der Waals surface area contributed by atoms with Crippen LogP contribution in [0.5, 0.6) is 0 Å². The second-order valence-electron chi connectivity index (χ2n) is 2.56. The number of hydrogen-bond donors (Lipinski definition) is 1. The van der Waals surface area contributed by atoms with E-state index in [4.69, 9.17) is 0 Å². The molecular weight excluding hydrogens is 135 g/mol. The van der Waals surface area contributed by atoms with Crippen LogP contribution in [-0.4, -0.2) is 49.1 Å². The van der Waals surface area contributed by atoms with Crippen molar-refractivity contribution in [3.63, 3.8) is 0 Å². The lowest BCUT2D eigenvalue weighted by Crippen LogP contribution is -2.25. The molecule has 0 saturated heterocycles. The average molecular weight is 151 g/mol. The van der Waals surface area contributed by atoms with Gasteiger partial charge in [-0.15, -0.1) is 9.34 Å². The van der Waals surface area contributed by atoms with E-state index in [9.17, 15) is 4.89 Å². The van der Waals surface area contributed by atoms with Crippen LogP contribution in [-0.2, 0) is 0 Å². The number of rotatable bonds is 2. The molecule has 0 aliphatic carbocycles. The number of nitrogens with zero attached hydrogens (tertiary/aromatic N) is 2. The maximum Gasteiger partial charge on any atom is 0.281 e. The first-order valence-corrected chi connectivity index (χ1v) is 4.93. The first-order chi connectivity index (χ1) is 3.89. The van der Waals surface area contributed by atoms with Crippen molar-refractivity contribution in [3.05, 3.63) is 0 Å². The first-order valence-electron chi connectivity index (χ1n) is 2.84. The molecule has 3 nitrogen and oxygen atoms in total. The van der Waals surface area contributed by atoms with Crippen LogP contribution in [0.25, 0.3) is 0 Å². The van der Waals surface area contributed by atoms with Crippen LogP contribution in [0.3, 0.4) is 0 Å². The summed E-state index contributed by atoms with van der Waals surface area (Å²) in [4.78, 5) is 9.63. The Kier molecular flexibility index (Phi) is 3.03. The lowest BCUT2D eigenvalue weighted by Gasteiger charge is -2.25. The average Bonchev–Trinajstić information content (AvgIpc) is 1.65. The molecule has 9 heavy (non-hydrogen) atoms. The molecule has 0 aliphatic rings. The fourth-order valence-corrected chi connectivity index (χ4v) is 1.07. The molecule has 0 fully saturated rings. The van der Waals surface area contributed by atoms with E-state index < -0.39 is 7.79 Å².